The topological polar surface area (TPSA) is 53.4 Å². The third-order valence-corrected chi connectivity index (χ3v) is 5.18. The molecule has 0 aliphatic carbocycles. The normalized spacial score (nSPS) is 11.2. The number of ether oxygens (including phenoxy) is 2. The number of nitrogens with zero attached hydrogens (tertiary/aromatic N) is 2. The number of carbonyl (C=O) groups is 1. The predicted octanol–water partition coefficient (Wildman–Crippen LogP) is 5.28. The zero-order valence-corrected chi connectivity index (χ0v) is 18.1. The molecule has 0 radical (unpaired) electrons. The largest absolute Gasteiger partial charge is 0.493 e. The molecule has 0 aliphatic rings. The van der Waals surface area contributed by atoms with Gasteiger partial charge in [0.05, 0.1) is 19.8 Å². The summed E-state index contributed by atoms with van der Waals surface area (Å²) in [5, 5.41) is 6.75. The van der Waals surface area contributed by atoms with Gasteiger partial charge in [-0.05, 0) is 47.0 Å². The van der Waals surface area contributed by atoms with Crippen LogP contribution in [0, 0.1) is 0 Å². The Kier molecular flexibility index (Phi) is 6.98. The molecular weight excluding hydrogens is 400 g/mol. The van der Waals surface area contributed by atoms with Gasteiger partial charge < -0.3 is 9.47 Å². The average molecular weight is 427 g/mol. The van der Waals surface area contributed by atoms with Gasteiger partial charge >= 0.3 is 5.97 Å². The fourth-order valence-electron chi connectivity index (χ4n) is 3.65. The first kappa shape index (κ1) is 21.4. The zero-order chi connectivity index (χ0) is 22.2. The summed E-state index contributed by atoms with van der Waals surface area (Å²) in [6.07, 6.45) is 7.64. The monoisotopic (exact) mass is 426 g/mol. The molecule has 0 N–H and O–H groups in total. The highest BCUT2D eigenvalue weighted by atomic mass is 16.5. The molecule has 0 saturated heterocycles. The quantitative estimate of drug-likeness (QED) is 0.270. The fourth-order valence-corrected chi connectivity index (χ4v) is 3.65. The number of aromatic nitrogens is 2. The molecule has 4 aromatic rings. The van der Waals surface area contributed by atoms with Crippen molar-refractivity contribution in [3.05, 3.63) is 102 Å². The Bertz CT molecular complexity index is 1210. The minimum Gasteiger partial charge on any atom is -0.493 e. The molecule has 1 aromatic heterocycles. The smallest absolute Gasteiger partial charge is 0.330 e. The lowest BCUT2D eigenvalue weighted by Gasteiger charge is -2.13. The zero-order valence-electron chi connectivity index (χ0n) is 18.1. The molecule has 0 fully saturated rings. The van der Waals surface area contributed by atoms with E-state index in [4.69, 9.17) is 9.47 Å². The summed E-state index contributed by atoms with van der Waals surface area (Å²) in [6, 6.07) is 22.6. The lowest BCUT2D eigenvalue weighted by atomic mass is 10.0. The molecular formula is C27H26N2O3. The third-order valence-electron chi connectivity index (χ3n) is 5.18. The van der Waals surface area contributed by atoms with E-state index in [2.05, 4.69) is 47.6 Å². The van der Waals surface area contributed by atoms with E-state index in [1.165, 1.54) is 22.4 Å². The number of esters is 1. The summed E-state index contributed by atoms with van der Waals surface area (Å²) in [5.74, 6) is 0.366. The van der Waals surface area contributed by atoms with Gasteiger partial charge in [-0.2, -0.15) is 5.10 Å². The molecule has 32 heavy (non-hydrogen) atoms. The first-order chi connectivity index (χ1) is 15.7. The van der Waals surface area contributed by atoms with Gasteiger partial charge in [-0.15, -0.1) is 0 Å². The summed E-state index contributed by atoms with van der Waals surface area (Å²) < 4.78 is 13.1. The molecule has 0 aliphatic heterocycles. The Morgan fingerprint density at radius 1 is 1.06 bits per heavy atom. The number of hydrogen-bond acceptors (Lipinski definition) is 4. The van der Waals surface area contributed by atoms with E-state index in [9.17, 15) is 4.79 Å². The Morgan fingerprint density at radius 2 is 1.94 bits per heavy atom. The highest BCUT2D eigenvalue weighted by Gasteiger charge is 2.07. The standard InChI is InChI=1S/C27H26N2O3/c1-2-31-27(30)14-13-24-12-11-21(20-29-17-6-16-28-29)19-26(24)32-18-15-23-9-5-8-22-7-3-4-10-25(22)23/h3-14,16-17,19H,2,15,18,20H2,1H3/b14-13+. The van der Waals surface area contributed by atoms with Crippen LogP contribution in [0.2, 0.25) is 0 Å². The average Bonchev–Trinajstić information content (AvgIpc) is 3.32. The summed E-state index contributed by atoms with van der Waals surface area (Å²) >= 11 is 0. The van der Waals surface area contributed by atoms with E-state index < -0.39 is 0 Å². The molecule has 5 heteroatoms. The van der Waals surface area contributed by atoms with Gasteiger partial charge in [-0.3, -0.25) is 4.68 Å². The lowest BCUT2D eigenvalue weighted by Crippen LogP contribution is -2.05. The van der Waals surface area contributed by atoms with Crippen molar-refractivity contribution in [1.29, 1.82) is 0 Å². The summed E-state index contributed by atoms with van der Waals surface area (Å²) in [5.41, 5.74) is 3.15. The van der Waals surface area contributed by atoms with Crippen molar-refractivity contribution in [1.82, 2.24) is 9.78 Å². The van der Waals surface area contributed by atoms with Gasteiger partial charge in [0.1, 0.15) is 5.75 Å². The molecule has 162 valence electrons. The van der Waals surface area contributed by atoms with Crippen molar-refractivity contribution in [2.45, 2.75) is 19.9 Å². The SMILES string of the molecule is CCOC(=O)/C=C/c1ccc(Cn2cccn2)cc1OCCc1cccc2ccccc12. The number of rotatable bonds is 9. The first-order valence-corrected chi connectivity index (χ1v) is 10.8. The van der Waals surface area contributed by atoms with Gasteiger partial charge in [0.15, 0.2) is 0 Å². The van der Waals surface area contributed by atoms with Crippen molar-refractivity contribution in [3.63, 3.8) is 0 Å². The lowest BCUT2D eigenvalue weighted by molar-refractivity contribution is -0.137. The van der Waals surface area contributed by atoms with Crippen LogP contribution in [0.15, 0.2) is 85.2 Å². The van der Waals surface area contributed by atoms with E-state index in [1.54, 1.807) is 19.2 Å². The summed E-state index contributed by atoms with van der Waals surface area (Å²) in [4.78, 5) is 11.8. The van der Waals surface area contributed by atoms with Crippen molar-refractivity contribution < 1.29 is 14.3 Å². The third kappa shape index (κ3) is 5.43. The maximum absolute atomic E-state index is 11.8. The number of carbonyl (C=O) groups excluding carboxylic acids is 1. The fraction of sp³-hybridized carbons (Fsp3) is 0.185. The minimum absolute atomic E-state index is 0.348. The van der Waals surface area contributed by atoms with E-state index in [1.807, 2.05) is 35.1 Å². The number of benzene rings is 3. The molecule has 0 spiro atoms. The van der Waals surface area contributed by atoms with Crippen LogP contribution in [0.25, 0.3) is 16.8 Å². The van der Waals surface area contributed by atoms with Crippen molar-refractivity contribution in [2.24, 2.45) is 0 Å². The van der Waals surface area contributed by atoms with E-state index >= 15 is 0 Å². The van der Waals surface area contributed by atoms with E-state index in [-0.39, 0.29) is 5.97 Å². The van der Waals surface area contributed by atoms with Crippen LogP contribution < -0.4 is 4.74 Å². The second-order valence-corrected chi connectivity index (χ2v) is 7.40. The number of hydrogen-bond donors (Lipinski definition) is 0. The van der Waals surface area contributed by atoms with Gasteiger partial charge in [0, 0.05) is 30.5 Å². The maximum Gasteiger partial charge on any atom is 0.330 e. The van der Waals surface area contributed by atoms with Gasteiger partial charge in [0.25, 0.3) is 0 Å². The van der Waals surface area contributed by atoms with Crippen LogP contribution in [0.5, 0.6) is 5.75 Å². The Balaban J connectivity index is 1.52. The van der Waals surface area contributed by atoms with Crippen LogP contribution >= 0.6 is 0 Å². The Hall–Kier alpha value is -3.86. The second-order valence-electron chi connectivity index (χ2n) is 7.40. The van der Waals surface area contributed by atoms with Crippen LogP contribution in [0.3, 0.4) is 0 Å². The maximum atomic E-state index is 11.8. The van der Waals surface area contributed by atoms with Crippen molar-refractivity contribution >= 4 is 22.8 Å². The molecule has 5 nitrogen and oxygen atoms in total. The van der Waals surface area contributed by atoms with Crippen LogP contribution in [-0.4, -0.2) is 29.0 Å². The van der Waals surface area contributed by atoms with Crippen molar-refractivity contribution in [3.8, 4) is 5.75 Å². The molecule has 4 rings (SSSR count). The molecule has 0 atom stereocenters. The Morgan fingerprint density at radius 3 is 2.78 bits per heavy atom. The van der Waals surface area contributed by atoms with Crippen LogP contribution in [0.1, 0.15) is 23.6 Å². The summed E-state index contributed by atoms with van der Waals surface area (Å²) in [7, 11) is 0. The Labute approximate surface area is 187 Å². The number of fused-ring (bicyclic) bond motifs is 1. The van der Waals surface area contributed by atoms with E-state index in [0.717, 1.165) is 23.3 Å². The predicted molar refractivity (Wildman–Crippen MR) is 127 cm³/mol. The van der Waals surface area contributed by atoms with Crippen molar-refractivity contribution in [2.75, 3.05) is 13.2 Å². The first-order valence-electron chi connectivity index (χ1n) is 10.8. The molecule has 3 aromatic carbocycles. The summed E-state index contributed by atoms with van der Waals surface area (Å²) in [6.45, 7) is 3.31. The van der Waals surface area contributed by atoms with Crippen LogP contribution in [0.4, 0.5) is 0 Å². The molecule has 1 heterocycles. The molecule has 0 bridgehead atoms. The van der Waals surface area contributed by atoms with Gasteiger partial charge in [0.2, 0.25) is 0 Å². The van der Waals surface area contributed by atoms with Crippen LogP contribution in [-0.2, 0) is 22.5 Å². The highest BCUT2D eigenvalue weighted by Crippen LogP contribution is 2.24. The van der Waals surface area contributed by atoms with Gasteiger partial charge in [-0.25, -0.2) is 4.79 Å². The highest BCUT2D eigenvalue weighted by molar-refractivity contribution is 5.87. The van der Waals surface area contributed by atoms with Gasteiger partial charge in [-0.1, -0.05) is 54.6 Å². The van der Waals surface area contributed by atoms with E-state index in [0.29, 0.717) is 19.8 Å². The molecule has 0 amide bonds. The second kappa shape index (κ2) is 10.4. The molecule has 0 saturated carbocycles. The molecule has 0 unspecified atom stereocenters. The minimum atomic E-state index is -0.366.